The van der Waals surface area contributed by atoms with Gasteiger partial charge in [-0.2, -0.15) is 5.10 Å². The minimum atomic E-state index is -0.567. The maximum absolute atomic E-state index is 12.1. The van der Waals surface area contributed by atoms with Crippen molar-refractivity contribution in [3.8, 4) is 11.3 Å². The molecule has 2 aromatic carbocycles. The molecule has 0 bridgehead atoms. The van der Waals surface area contributed by atoms with Crippen LogP contribution in [0.1, 0.15) is 5.56 Å². The molecule has 0 aliphatic rings. The summed E-state index contributed by atoms with van der Waals surface area (Å²) in [6, 6.07) is 19.1. The Morgan fingerprint density at radius 2 is 1.88 bits per heavy atom. The molecule has 0 radical (unpaired) electrons. The fraction of sp³-hybridized carbons (Fsp3) is 0.158. The fourth-order valence-electron chi connectivity index (χ4n) is 2.41. The van der Waals surface area contributed by atoms with Gasteiger partial charge in [0.15, 0.2) is 0 Å². The number of rotatable bonds is 6. The number of halogens is 1. The van der Waals surface area contributed by atoms with Crippen molar-refractivity contribution in [2.24, 2.45) is 0 Å². The standard InChI is InChI=1S/C19H18IN3O3/c20-16-8-6-15(7-9-16)17-12-18(23(22-17)10-11-24)21-19(25)26-13-14-4-2-1-3-5-14/h1-9,12,24H,10-11,13H2,(H,21,25). The summed E-state index contributed by atoms with van der Waals surface area (Å²) in [5.41, 5.74) is 2.56. The van der Waals surface area contributed by atoms with Crippen LogP contribution in [0.15, 0.2) is 60.7 Å². The lowest BCUT2D eigenvalue weighted by atomic mass is 10.2. The summed E-state index contributed by atoms with van der Waals surface area (Å²) in [4.78, 5) is 12.1. The Morgan fingerprint density at radius 3 is 2.58 bits per heavy atom. The van der Waals surface area contributed by atoms with Crippen LogP contribution >= 0.6 is 22.6 Å². The molecular weight excluding hydrogens is 445 g/mol. The third-order valence-corrected chi connectivity index (χ3v) is 4.39. The van der Waals surface area contributed by atoms with Crippen LogP contribution in [0.25, 0.3) is 11.3 Å². The summed E-state index contributed by atoms with van der Waals surface area (Å²) in [6.07, 6.45) is -0.567. The van der Waals surface area contributed by atoms with Crippen molar-refractivity contribution >= 4 is 34.5 Å². The lowest BCUT2D eigenvalue weighted by molar-refractivity contribution is 0.154. The highest BCUT2D eigenvalue weighted by Gasteiger charge is 2.13. The minimum Gasteiger partial charge on any atom is -0.444 e. The van der Waals surface area contributed by atoms with Gasteiger partial charge in [0, 0.05) is 15.2 Å². The molecule has 26 heavy (non-hydrogen) atoms. The van der Waals surface area contributed by atoms with Gasteiger partial charge in [-0.05, 0) is 40.3 Å². The molecule has 0 saturated heterocycles. The number of carbonyl (C=O) groups excluding carboxylic acids is 1. The molecule has 1 heterocycles. The van der Waals surface area contributed by atoms with Crippen LogP contribution in [0.3, 0.4) is 0 Å². The third kappa shape index (κ3) is 4.83. The number of aliphatic hydroxyl groups excluding tert-OH is 1. The third-order valence-electron chi connectivity index (χ3n) is 3.67. The number of nitrogens with zero attached hydrogens (tertiary/aromatic N) is 2. The first-order valence-corrected chi connectivity index (χ1v) is 9.16. The number of aromatic nitrogens is 2. The maximum Gasteiger partial charge on any atom is 0.413 e. The molecule has 7 heteroatoms. The second-order valence-electron chi connectivity index (χ2n) is 5.56. The van der Waals surface area contributed by atoms with E-state index in [-0.39, 0.29) is 19.8 Å². The number of hydrogen-bond acceptors (Lipinski definition) is 4. The average Bonchev–Trinajstić information content (AvgIpc) is 3.04. The van der Waals surface area contributed by atoms with Gasteiger partial charge in [-0.15, -0.1) is 0 Å². The molecule has 134 valence electrons. The largest absolute Gasteiger partial charge is 0.444 e. The van der Waals surface area contributed by atoms with Crippen LogP contribution in [0.5, 0.6) is 0 Å². The number of aliphatic hydroxyl groups is 1. The van der Waals surface area contributed by atoms with Gasteiger partial charge in [-0.1, -0.05) is 42.5 Å². The molecule has 3 aromatic rings. The van der Waals surface area contributed by atoms with E-state index in [2.05, 4.69) is 33.0 Å². The predicted molar refractivity (Wildman–Crippen MR) is 108 cm³/mol. The maximum atomic E-state index is 12.1. The molecule has 0 atom stereocenters. The summed E-state index contributed by atoms with van der Waals surface area (Å²) < 4.78 is 7.92. The molecule has 0 saturated carbocycles. The van der Waals surface area contributed by atoms with Gasteiger partial charge >= 0.3 is 6.09 Å². The van der Waals surface area contributed by atoms with Crippen LogP contribution in [-0.4, -0.2) is 27.6 Å². The topological polar surface area (TPSA) is 76.4 Å². The quantitative estimate of drug-likeness (QED) is 0.544. The van der Waals surface area contributed by atoms with Gasteiger partial charge in [-0.25, -0.2) is 9.48 Å². The SMILES string of the molecule is O=C(Nc1cc(-c2ccc(I)cc2)nn1CCO)OCc1ccccc1. The first-order chi connectivity index (χ1) is 12.7. The average molecular weight is 463 g/mol. The van der Waals surface area contributed by atoms with E-state index in [1.54, 1.807) is 10.7 Å². The Morgan fingerprint density at radius 1 is 1.15 bits per heavy atom. The monoisotopic (exact) mass is 463 g/mol. The van der Waals surface area contributed by atoms with Crippen molar-refractivity contribution in [1.29, 1.82) is 0 Å². The van der Waals surface area contributed by atoms with Crippen molar-refractivity contribution < 1.29 is 14.6 Å². The normalized spacial score (nSPS) is 10.5. The van der Waals surface area contributed by atoms with Crippen molar-refractivity contribution in [3.05, 3.63) is 69.8 Å². The number of ether oxygens (including phenoxy) is 1. The summed E-state index contributed by atoms with van der Waals surface area (Å²) in [5, 5.41) is 16.4. The molecule has 0 aliphatic heterocycles. The molecule has 1 amide bonds. The lowest BCUT2D eigenvalue weighted by Gasteiger charge is -2.08. The first-order valence-electron chi connectivity index (χ1n) is 8.08. The first kappa shape index (κ1) is 18.4. The summed E-state index contributed by atoms with van der Waals surface area (Å²) in [5.74, 6) is 0.477. The lowest BCUT2D eigenvalue weighted by Crippen LogP contribution is -2.17. The highest BCUT2D eigenvalue weighted by Crippen LogP contribution is 2.23. The van der Waals surface area contributed by atoms with Crippen molar-refractivity contribution in [2.45, 2.75) is 13.2 Å². The Labute approximate surface area is 164 Å². The van der Waals surface area contributed by atoms with E-state index >= 15 is 0 Å². The molecule has 1 aromatic heterocycles. The van der Waals surface area contributed by atoms with E-state index < -0.39 is 6.09 Å². The van der Waals surface area contributed by atoms with Crippen molar-refractivity contribution in [1.82, 2.24) is 9.78 Å². The Bertz CT molecular complexity index is 863. The molecule has 0 fully saturated rings. The van der Waals surface area contributed by atoms with Crippen LogP contribution in [0, 0.1) is 3.57 Å². The highest BCUT2D eigenvalue weighted by molar-refractivity contribution is 14.1. The molecule has 0 spiro atoms. The van der Waals surface area contributed by atoms with E-state index in [1.165, 1.54) is 0 Å². The van der Waals surface area contributed by atoms with Gasteiger partial charge in [0.1, 0.15) is 12.4 Å². The van der Waals surface area contributed by atoms with E-state index in [0.717, 1.165) is 14.7 Å². The number of carbonyl (C=O) groups is 1. The molecule has 3 rings (SSSR count). The minimum absolute atomic E-state index is 0.0818. The van der Waals surface area contributed by atoms with Crippen molar-refractivity contribution in [2.75, 3.05) is 11.9 Å². The number of anilines is 1. The van der Waals surface area contributed by atoms with Gasteiger partial charge in [0.2, 0.25) is 0 Å². The Kier molecular flexibility index (Phi) is 6.24. The van der Waals surface area contributed by atoms with Crippen LogP contribution < -0.4 is 5.32 Å². The van der Waals surface area contributed by atoms with E-state index in [1.807, 2.05) is 54.6 Å². The van der Waals surface area contributed by atoms with E-state index in [9.17, 15) is 9.90 Å². The zero-order chi connectivity index (χ0) is 18.4. The van der Waals surface area contributed by atoms with E-state index in [4.69, 9.17) is 4.74 Å². The summed E-state index contributed by atoms with van der Waals surface area (Å²) in [7, 11) is 0. The number of amides is 1. The van der Waals surface area contributed by atoms with Gasteiger partial charge in [-0.3, -0.25) is 5.32 Å². The van der Waals surface area contributed by atoms with Crippen molar-refractivity contribution in [3.63, 3.8) is 0 Å². The number of benzene rings is 2. The Hall–Kier alpha value is -2.39. The van der Waals surface area contributed by atoms with Gasteiger partial charge < -0.3 is 9.84 Å². The smallest absolute Gasteiger partial charge is 0.413 e. The number of nitrogens with one attached hydrogen (secondary N) is 1. The second kappa shape index (κ2) is 8.81. The molecule has 0 unspecified atom stereocenters. The van der Waals surface area contributed by atoms with Crippen LogP contribution in [0.2, 0.25) is 0 Å². The van der Waals surface area contributed by atoms with E-state index in [0.29, 0.717) is 11.5 Å². The molecule has 0 aliphatic carbocycles. The van der Waals surface area contributed by atoms with Crippen LogP contribution in [-0.2, 0) is 17.9 Å². The van der Waals surface area contributed by atoms with Gasteiger partial charge in [0.25, 0.3) is 0 Å². The molecular formula is C19H18IN3O3. The van der Waals surface area contributed by atoms with Crippen LogP contribution in [0.4, 0.5) is 10.6 Å². The second-order valence-corrected chi connectivity index (χ2v) is 6.80. The molecule has 6 nitrogen and oxygen atoms in total. The zero-order valence-corrected chi connectivity index (χ0v) is 16.1. The number of hydrogen-bond donors (Lipinski definition) is 2. The summed E-state index contributed by atoms with van der Waals surface area (Å²) in [6.45, 7) is 0.380. The highest BCUT2D eigenvalue weighted by atomic mass is 127. The predicted octanol–water partition coefficient (Wildman–Crippen LogP) is 3.90. The summed E-state index contributed by atoms with van der Waals surface area (Å²) >= 11 is 2.24. The molecule has 2 N–H and O–H groups in total. The zero-order valence-electron chi connectivity index (χ0n) is 13.9. The fourth-order valence-corrected chi connectivity index (χ4v) is 2.77. The Balaban J connectivity index is 1.71. The van der Waals surface area contributed by atoms with Gasteiger partial charge in [0.05, 0.1) is 18.8 Å².